The van der Waals surface area contributed by atoms with E-state index in [0.29, 0.717) is 5.69 Å². The molecule has 0 aliphatic rings. The number of carbonyl (C=O) groups is 1. The molecule has 2 heterocycles. The maximum Gasteiger partial charge on any atom is 0.166 e. The van der Waals surface area contributed by atoms with Crippen molar-refractivity contribution in [1.82, 2.24) is 15.0 Å². The largest absolute Gasteiger partial charge is 0.358 e. The molecule has 0 radical (unpaired) electrons. The fourth-order valence-corrected chi connectivity index (χ4v) is 1.09. The monoisotopic (exact) mass is 173 g/mol. The van der Waals surface area contributed by atoms with Crippen LogP contribution in [0.2, 0.25) is 0 Å². The molecule has 0 aromatic carbocycles. The predicted octanol–water partition coefficient (Wildman–Crippen LogP) is 1.28. The average molecular weight is 173 g/mol. The zero-order valence-corrected chi connectivity index (χ0v) is 6.77. The van der Waals surface area contributed by atoms with E-state index in [1.54, 1.807) is 24.5 Å². The SMILES string of the molecule is O=Cc1cc(-c2ccncn2)c[nH]1. The van der Waals surface area contributed by atoms with Crippen molar-refractivity contribution in [2.45, 2.75) is 0 Å². The Balaban J connectivity index is 2.41. The van der Waals surface area contributed by atoms with Crippen LogP contribution in [-0.4, -0.2) is 21.2 Å². The second-order valence-electron chi connectivity index (χ2n) is 2.56. The van der Waals surface area contributed by atoms with E-state index in [4.69, 9.17) is 0 Å². The van der Waals surface area contributed by atoms with Gasteiger partial charge in [0, 0.05) is 18.0 Å². The number of hydrogen-bond donors (Lipinski definition) is 1. The average Bonchev–Trinajstić information content (AvgIpc) is 2.67. The lowest BCUT2D eigenvalue weighted by atomic mass is 10.2. The van der Waals surface area contributed by atoms with Crippen molar-refractivity contribution in [3.63, 3.8) is 0 Å². The summed E-state index contributed by atoms with van der Waals surface area (Å²) in [6, 6.07) is 3.53. The van der Waals surface area contributed by atoms with Crippen LogP contribution in [0.5, 0.6) is 0 Å². The molecule has 0 unspecified atom stereocenters. The van der Waals surface area contributed by atoms with Crippen LogP contribution in [0.3, 0.4) is 0 Å². The van der Waals surface area contributed by atoms with Crippen molar-refractivity contribution < 1.29 is 4.79 Å². The predicted molar refractivity (Wildman–Crippen MR) is 47.2 cm³/mol. The van der Waals surface area contributed by atoms with Gasteiger partial charge in [-0.05, 0) is 12.1 Å². The van der Waals surface area contributed by atoms with E-state index < -0.39 is 0 Å². The number of rotatable bonds is 2. The van der Waals surface area contributed by atoms with E-state index in [1.165, 1.54) is 6.33 Å². The Morgan fingerprint density at radius 1 is 1.46 bits per heavy atom. The zero-order chi connectivity index (χ0) is 9.10. The van der Waals surface area contributed by atoms with Crippen LogP contribution in [-0.2, 0) is 0 Å². The molecule has 2 aromatic heterocycles. The highest BCUT2D eigenvalue weighted by atomic mass is 16.1. The van der Waals surface area contributed by atoms with Crippen molar-refractivity contribution in [3.8, 4) is 11.3 Å². The van der Waals surface area contributed by atoms with Crippen LogP contribution >= 0.6 is 0 Å². The second-order valence-corrected chi connectivity index (χ2v) is 2.56. The molecule has 2 aromatic rings. The van der Waals surface area contributed by atoms with E-state index >= 15 is 0 Å². The lowest BCUT2D eigenvalue weighted by Gasteiger charge is -1.91. The molecule has 0 atom stereocenters. The van der Waals surface area contributed by atoms with Crippen molar-refractivity contribution in [2.24, 2.45) is 0 Å². The van der Waals surface area contributed by atoms with Gasteiger partial charge < -0.3 is 4.98 Å². The molecule has 4 heteroatoms. The van der Waals surface area contributed by atoms with Crippen LogP contribution in [0.25, 0.3) is 11.3 Å². The number of aldehydes is 1. The van der Waals surface area contributed by atoms with Gasteiger partial charge in [0.1, 0.15) is 6.33 Å². The summed E-state index contributed by atoms with van der Waals surface area (Å²) >= 11 is 0. The number of aromatic nitrogens is 3. The topological polar surface area (TPSA) is 58.6 Å². The minimum absolute atomic E-state index is 0.550. The maximum absolute atomic E-state index is 10.4. The molecular formula is C9H7N3O. The molecule has 0 aliphatic carbocycles. The molecule has 64 valence electrons. The van der Waals surface area contributed by atoms with Crippen LogP contribution in [0.1, 0.15) is 10.5 Å². The second kappa shape index (κ2) is 3.18. The molecule has 0 saturated heterocycles. The van der Waals surface area contributed by atoms with Gasteiger partial charge in [-0.2, -0.15) is 0 Å². The van der Waals surface area contributed by atoms with Gasteiger partial charge in [-0.3, -0.25) is 4.79 Å². The Morgan fingerprint density at radius 3 is 3.00 bits per heavy atom. The highest BCUT2D eigenvalue weighted by molar-refractivity contribution is 5.76. The molecule has 0 aliphatic heterocycles. The lowest BCUT2D eigenvalue weighted by molar-refractivity contribution is 0.111. The van der Waals surface area contributed by atoms with Gasteiger partial charge in [-0.15, -0.1) is 0 Å². The first-order valence-corrected chi connectivity index (χ1v) is 3.80. The summed E-state index contributed by atoms with van der Waals surface area (Å²) < 4.78 is 0. The summed E-state index contributed by atoms with van der Waals surface area (Å²) in [5.41, 5.74) is 2.25. The summed E-state index contributed by atoms with van der Waals surface area (Å²) in [5, 5.41) is 0. The highest BCUT2D eigenvalue weighted by Crippen LogP contribution is 2.15. The fourth-order valence-electron chi connectivity index (χ4n) is 1.09. The van der Waals surface area contributed by atoms with E-state index in [-0.39, 0.29) is 0 Å². The Morgan fingerprint density at radius 2 is 2.38 bits per heavy atom. The summed E-state index contributed by atoms with van der Waals surface area (Å²) in [6.45, 7) is 0. The van der Waals surface area contributed by atoms with Crippen LogP contribution in [0.4, 0.5) is 0 Å². The fraction of sp³-hybridized carbons (Fsp3) is 0. The number of nitrogens with zero attached hydrogens (tertiary/aromatic N) is 2. The first-order chi connectivity index (χ1) is 6.40. The van der Waals surface area contributed by atoms with Crippen molar-refractivity contribution in [1.29, 1.82) is 0 Å². The Labute approximate surface area is 74.7 Å². The Bertz CT molecular complexity index is 408. The van der Waals surface area contributed by atoms with Gasteiger partial charge in [-0.25, -0.2) is 9.97 Å². The van der Waals surface area contributed by atoms with Gasteiger partial charge in [0.05, 0.1) is 11.4 Å². The Hall–Kier alpha value is -1.97. The van der Waals surface area contributed by atoms with Crippen molar-refractivity contribution in [3.05, 3.63) is 36.5 Å². The number of hydrogen-bond acceptors (Lipinski definition) is 3. The Kier molecular flexibility index (Phi) is 1.88. The molecule has 0 saturated carbocycles. The minimum atomic E-state index is 0.550. The molecule has 2 rings (SSSR count). The summed E-state index contributed by atoms with van der Waals surface area (Å²) in [7, 11) is 0. The van der Waals surface area contributed by atoms with Gasteiger partial charge in [-0.1, -0.05) is 0 Å². The molecule has 0 fully saturated rings. The molecule has 13 heavy (non-hydrogen) atoms. The van der Waals surface area contributed by atoms with Crippen LogP contribution in [0.15, 0.2) is 30.9 Å². The van der Waals surface area contributed by atoms with Crippen LogP contribution < -0.4 is 0 Å². The number of carbonyl (C=O) groups excluding carboxylic acids is 1. The minimum Gasteiger partial charge on any atom is -0.358 e. The molecular weight excluding hydrogens is 166 g/mol. The maximum atomic E-state index is 10.4. The summed E-state index contributed by atoms with van der Waals surface area (Å²) in [4.78, 5) is 21.1. The smallest absolute Gasteiger partial charge is 0.166 e. The third kappa shape index (κ3) is 1.46. The van der Waals surface area contributed by atoms with Crippen molar-refractivity contribution >= 4 is 6.29 Å². The molecule has 0 spiro atoms. The lowest BCUT2D eigenvalue weighted by Crippen LogP contribution is -1.80. The normalized spacial score (nSPS) is 9.85. The standard InChI is InChI=1S/C9H7N3O/c13-5-8-3-7(4-11-8)9-1-2-10-6-12-9/h1-6,11H. The third-order valence-corrected chi connectivity index (χ3v) is 1.71. The quantitative estimate of drug-likeness (QED) is 0.696. The third-order valence-electron chi connectivity index (χ3n) is 1.71. The van der Waals surface area contributed by atoms with Crippen molar-refractivity contribution in [2.75, 3.05) is 0 Å². The van der Waals surface area contributed by atoms with E-state index in [2.05, 4.69) is 15.0 Å². The zero-order valence-electron chi connectivity index (χ0n) is 6.77. The molecule has 0 amide bonds. The first-order valence-electron chi connectivity index (χ1n) is 3.80. The van der Waals surface area contributed by atoms with Gasteiger partial charge in [0.25, 0.3) is 0 Å². The molecule has 1 N–H and O–H groups in total. The number of aromatic amines is 1. The molecule has 0 bridgehead atoms. The molecule has 4 nitrogen and oxygen atoms in total. The van der Waals surface area contributed by atoms with Gasteiger partial charge >= 0.3 is 0 Å². The first kappa shape index (κ1) is 7.67. The van der Waals surface area contributed by atoms with E-state index in [1.807, 2.05) is 0 Å². The number of nitrogens with one attached hydrogen (secondary N) is 1. The van der Waals surface area contributed by atoms with E-state index in [0.717, 1.165) is 17.5 Å². The van der Waals surface area contributed by atoms with E-state index in [9.17, 15) is 4.79 Å². The van der Waals surface area contributed by atoms with Crippen LogP contribution in [0, 0.1) is 0 Å². The van der Waals surface area contributed by atoms with Gasteiger partial charge in [0.15, 0.2) is 6.29 Å². The summed E-state index contributed by atoms with van der Waals surface area (Å²) in [5.74, 6) is 0. The highest BCUT2D eigenvalue weighted by Gasteiger charge is 2.00. The van der Waals surface area contributed by atoms with Gasteiger partial charge in [0.2, 0.25) is 0 Å². The summed E-state index contributed by atoms with van der Waals surface area (Å²) in [6.07, 6.45) is 5.65. The number of H-pyrrole nitrogens is 1.